The van der Waals surface area contributed by atoms with Crippen molar-refractivity contribution in [3.05, 3.63) is 40.3 Å². The highest BCUT2D eigenvalue weighted by Gasteiger charge is 2.11. The van der Waals surface area contributed by atoms with Gasteiger partial charge in [0.1, 0.15) is 6.54 Å². The summed E-state index contributed by atoms with van der Waals surface area (Å²) >= 11 is 0. The summed E-state index contributed by atoms with van der Waals surface area (Å²) in [6.45, 7) is 2.25. The normalized spacial score (nSPS) is 10.1. The summed E-state index contributed by atoms with van der Waals surface area (Å²) in [5, 5.41) is 8.01. The van der Waals surface area contributed by atoms with Crippen LogP contribution in [0.5, 0.6) is 0 Å². The number of fused-ring (bicyclic) bond motifs is 1. The zero-order valence-corrected chi connectivity index (χ0v) is 11.6. The first-order chi connectivity index (χ1) is 10.2. The Morgan fingerprint density at radius 2 is 2.14 bits per heavy atom. The lowest BCUT2D eigenvalue weighted by Crippen LogP contribution is -2.28. The number of terminal acetylenes is 1. The van der Waals surface area contributed by atoms with Gasteiger partial charge in [-0.1, -0.05) is 24.1 Å². The van der Waals surface area contributed by atoms with Gasteiger partial charge in [0.25, 0.3) is 5.56 Å². The molecule has 6 heteroatoms. The summed E-state index contributed by atoms with van der Waals surface area (Å²) in [7, 11) is 0. The minimum absolute atomic E-state index is 0.0794. The molecule has 2 aromatic rings. The van der Waals surface area contributed by atoms with E-state index in [1.54, 1.807) is 25.1 Å². The minimum Gasteiger partial charge on any atom is -0.450 e. The average molecular weight is 285 g/mol. The Morgan fingerprint density at radius 3 is 2.81 bits per heavy atom. The minimum atomic E-state index is -0.530. The molecule has 0 atom stereocenters. The molecule has 21 heavy (non-hydrogen) atoms. The number of nitrogens with zero attached hydrogens (tertiary/aromatic N) is 2. The van der Waals surface area contributed by atoms with Crippen molar-refractivity contribution in [2.45, 2.75) is 20.0 Å². The molecule has 108 valence electrons. The molecule has 1 amide bonds. The van der Waals surface area contributed by atoms with E-state index < -0.39 is 6.09 Å². The van der Waals surface area contributed by atoms with Crippen LogP contribution in [0, 0.1) is 12.3 Å². The van der Waals surface area contributed by atoms with Crippen LogP contribution in [0.1, 0.15) is 12.6 Å². The number of rotatable bonds is 4. The van der Waals surface area contributed by atoms with Crippen LogP contribution in [0.2, 0.25) is 0 Å². The molecule has 0 saturated carbocycles. The van der Waals surface area contributed by atoms with Crippen molar-refractivity contribution in [1.82, 2.24) is 15.1 Å². The predicted molar refractivity (Wildman–Crippen MR) is 78.7 cm³/mol. The molecular formula is C15H15N3O3. The van der Waals surface area contributed by atoms with Crippen LogP contribution >= 0.6 is 0 Å². The monoisotopic (exact) mass is 285 g/mol. The number of ether oxygens (including phenoxy) is 1. The van der Waals surface area contributed by atoms with E-state index in [2.05, 4.69) is 16.3 Å². The first-order valence-corrected chi connectivity index (χ1v) is 6.50. The van der Waals surface area contributed by atoms with E-state index in [0.717, 1.165) is 0 Å². The van der Waals surface area contributed by atoms with Gasteiger partial charge >= 0.3 is 6.09 Å². The van der Waals surface area contributed by atoms with E-state index in [9.17, 15) is 9.59 Å². The van der Waals surface area contributed by atoms with Crippen LogP contribution in [-0.4, -0.2) is 22.5 Å². The molecule has 0 aliphatic heterocycles. The van der Waals surface area contributed by atoms with Crippen LogP contribution < -0.4 is 10.9 Å². The fourth-order valence-corrected chi connectivity index (χ4v) is 1.97. The number of aromatic nitrogens is 2. The number of hydrogen-bond donors (Lipinski definition) is 1. The zero-order chi connectivity index (χ0) is 15.2. The van der Waals surface area contributed by atoms with Crippen molar-refractivity contribution in [3.63, 3.8) is 0 Å². The Labute approximate surface area is 121 Å². The van der Waals surface area contributed by atoms with E-state index in [4.69, 9.17) is 11.2 Å². The van der Waals surface area contributed by atoms with Crippen LogP contribution in [-0.2, 0) is 17.8 Å². The summed E-state index contributed by atoms with van der Waals surface area (Å²) in [4.78, 5) is 23.6. The van der Waals surface area contributed by atoms with Gasteiger partial charge in [-0.2, -0.15) is 5.10 Å². The van der Waals surface area contributed by atoms with Gasteiger partial charge in [-0.05, 0) is 13.0 Å². The maximum atomic E-state index is 12.2. The fourth-order valence-electron chi connectivity index (χ4n) is 1.97. The lowest BCUT2D eigenvalue weighted by atomic mass is 10.1. The first-order valence-electron chi connectivity index (χ1n) is 6.50. The van der Waals surface area contributed by atoms with Gasteiger partial charge < -0.3 is 10.1 Å². The third-order valence-electron chi connectivity index (χ3n) is 2.86. The quantitative estimate of drug-likeness (QED) is 0.859. The van der Waals surface area contributed by atoms with Gasteiger partial charge in [0.2, 0.25) is 0 Å². The average Bonchev–Trinajstić information content (AvgIpc) is 2.49. The molecule has 1 N–H and O–H groups in total. The van der Waals surface area contributed by atoms with Crippen molar-refractivity contribution in [1.29, 1.82) is 0 Å². The summed E-state index contributed by atoms with van der Waals surface area (Å²) in [6, 6.07) is 7.07. The highest BCUT2D eigenvalue weighted by Crippen LogP contribution is 2.13. The molecule has 1 heterocycles. The second-order valence-electron chi connectivity index (χ2n) is 4.23. The largest absolute Gasteiger partial charge is 0.450 e. The smallest absolute Gasteiger partial charge is 0.407 e. The lowest BCUT2D eigenvalue weighted by molar-refractivity contribution is 0.151. The number of benzene rings is 1. The number of carbonyl (C=O) groups is 1. The molecule has 0 unspecified atom stereocenters. The Bertz CT molecular complexity index is 759. The molecular weight excluding hydrogens is 270 g/mol. The zero-order valence-electron chi connectivity index (χ0n) is 11.6. The standard InChI is InChI=1S/C15H15N3O3/c1-3-9-18-14(19)12-8-6-5-7-11(12)13(17-18)10-16-15(20)21-4-2/h1,5-8H,4,9-10H2,2H3,(H,16,20). The summed E-state index contributed by atoms with van der Waals surface area (Å²) in [6.07, 6.45) is 4.72. The molecule has 2 rings (SSSR count). The van der Waals surface area contributed by atoms with Crippen LogP contribution in [0.3, 0.4) is 0 Å². The highest BCUT2D eigenvalue weighted by molar-refractivity contribution is 5.83. The number of amides is 1. The second-order valence-corrected chi connectivity index (χ2v) is 4.23. The van der Waals surface area contributed by atoms with Crippen molar-refractivity contribution in [2.24, 2.45) is 0 Å². The Balaban J connectivity index is 2.42. The number of nitrogens with one attached hydrogen (secondary N) is 1. The van der Waals surface area contributed by atoms with Crippen molar-refractivity contribution >= 4 is 16.9 Å². The van der Waals surface area contributed by atoms with E-state index >= 15 is 0 Å². The Kier molecular flexibility index (Phi) is 4.57. The maximum Gasteiger partial charge on any atom is 0.407 e. The van der Waals surface area contributed by atoms with E-state index in [0.29, 0.717) is 16.5 Å². The third-order valence-corrected chi connectivity index (χ3v) is 2.86. The summed E-state index contributed by atoms with van der Waals surface area (Å²) < 4.78 is 6.01. The SMILES string of the molecule is C#CCn1nc(CNC(=O)OCC)c2ccccc2c1=O. The molecule has 1 aromatic heterocycles. The predicted octanol–water partition coefficient (Wildman–Crippen LogP) is 1.28. The number of carbonyl (C=O) groups excluding carboxylic acids is 1. The lowest BCUT2D eigenvalue weighted by Gasteiger charge is -2.10. The highest BCUT2D eigenvalue weighted by atomic mass is 16.5. The van der Waals surface area contributed by atoms with Gasteiger partial charge in [0.15, 0.2) is 0 Å². The molecule has 0 bridgehead atoms. The number of alkyl carbamates (subject to hydrolysis) is 1. The summed E-state index contributed by atoms with van der Waals surface area (Å²) in [5.41, 5.74) is 0.317. The summed E-state index contributed by atoms with van der Waals surface area (Å²) in [5.74, 6) is 2.39. The fraction of sp³-hybridized carbons (Fsp3) is 0.267. The first kappa shape index (κ1) is 14.6. The van der Waals surface area contributed by atoms with E-state index in [1.165, 1.54) is 4.68 Å². The van der Waals surface area contributed by atoms with E-state index in [-0.39, 0.29) is 25.3 Å². The van der Waals surface area contributed by atoms with Crippen molar-refractivity contribution < 1.29 is 9.53 Å². The molecule has 0 radical (unpaired) electrons. The topological polar surface area (TPSA) is 73.2 Å². The van der Waals surface area contributed by atoms with Gasteiger partial charge in [0, 0.05) is 5.39 Å². The third kappa shape index (κ3) is 3.20. The van der Waals surface area contributed by atoms with E-state index in [1.807, 2.05) is 6.07 Å². The van der Waals surface area contributed by atoms with Crippen LogP contribution in [0.4, 0.5) is 4.79 Å². The molecule has 0 fully saturated rings. The number of hydrogen-bond acceptors (Lipinski definition) is 4. The molecule has 0 spiro atoms. The van der Waals surface area contributed by atoms with Crippen LogP contribution in [0.25, 0.3) is 10.8 Å². The second kappa shape index (κ2) is 6.57. The van der Waals surface area contributed by atoms with Crippen molar-refractivity contribution in [3.8, 4) is 12.3 Å². The molecule has 0 aliphatic carbocycles. The van der Waals surface area contributed by atoms with Gasteiger partial charge in [-0.25, -0.2) is 9.48 Å². The molecule has 0 aliphatic rings. The molecule has 1 aromatic carbocycles. The Hall–Kier alpha value is -2.81. The molecule has 0 saturated heterocycles. The Morgan fingerprint density at radius 1 is 1.43 bits per heavy atom. The van der Waals surface area contributed by atoms with Gasteiger partial charge in [-0.15, -0.1) is 6.42 Å². The maximum absolute atomic E-state index is 12.2. The molecule has 6 nitrogen and oxygen atoms in total. The van der Waals surface area contributed by atoms with Gasteiger partial charge in [0.05, 0.1) is 24.2 Å². The van der Waals surface area contributed by atoms with Crippen molar-refractivity contribution in [2.75, 3.05) is 6.61 Å². The van der Waals surface area contributed by atoms with Gasteiger partial charge in [-0.3, -0.25) is 4.79 Å². The van der Waals surface area contributed by atoms with Crippen LogP contribution in [0.15, 0.2) is 29.1 Å².